The van der Waals surface area contributed by atoms with Crippen LogP contribution in [0.5, 0.6) is 0 Å². The molecule has 13 rings (SSSR count). The Morgan fingerprint density at radius 1 is 0.259 bits per heavy atom. The third kappa shape index (κ3) is 4.54. The van der Waals surface area contributed by atoms with E-state index in [1.807, 2.05) is 12.1 Å². The van der Waals surface area contributed by atoms with Crippen LogP contribution < -0.4 is 0 Å². The highest BCUT2D eigenvalue weighted by atomic mass is 16.3. The van der Waals surface area contributed by atoms with Crippen molar-refractivity contribution >= 4 is 97.7 Å². The Hall–Kier alpha value is -7.68. The van der Waals surface area contributed by atoms with Gasteiger partial charge in [-0.1, -0.05) is 146 Å². The lowest BCUT2D eigenvalue weighted by molar-refractivity contribution is 0.663. The lowest BCUT2D eigenvalue weighted by atomic mass is 9.84. The van der Waals surface area contributed by atoms with Crippen molar-refractivity contribution in [3.63, 3.8) is 0 Å². The lowest BCUT2D eigenvalue weighted by Crippen LogP contribution is -1.91. The van der Waals surface area contributed by atoms with E-state index in [0.717, 1.165) is 49.3 Å². The number of rotatable bonds is 3. The van der Waals surface area contributed by atoms with Crippen LogP contribution in [0.25, 0.3) is 131 Å². The van der Waals surface area contributed by atoms with E-state index in [2.05, 4.69) is 182 Å². The van der Waals surface area contributed by atoms with Crippen LogP contribution in [-0.4, -0.2) is 0 Å². The maximum Gasteiger partial charge on any atom is 0.147 e. The molecule has 11 aromatic carbocycles. The normalized spacial score (nSPS) is 12.1. The minimum atomic E-state index is 0.847. The minimum absolute atomic E-state index is 0.847. The molecule has 0 radical (unpaired) electrons. The van der Waals surface area contributed by atoms with Crippen LogP contribution in [0.3, 0.4) is 0 Å². The summed E-state index contributed by atoms with van der Waals surface area (Å²) >= 11 is 0. The van der Waals surface area contributed by atoms with Gasteiger partial charge in [0.05, 0.1) is 5.39 Å². The van der Waals surface area contributed by atoms with Gasteiger partial charge < -0.3 is 8.83 Å². The van der Waals surface area contributed by atoms with Crippen molar-refractivity contribution in [3.8, 4) is 33.4 Å². The van der Waals surface area contributed by atoms with Crippen molar-refractivity contribution in [1.82, 2.24) is 0 Å². The van der Waals surface area contributed by atoms with E-state index in [0.29, 0.717) is 0 Å². The van der Waals surface area contributed by atoms with Gasteiger partial charge in [0.2, 0.25) is 0 Å². The summed E-state index contributed by atoms with van der Waals surface area (Å²) < 4.78 is 12.8. The second-order valence-electron chi connectivity index (χ2n) is 15.6. The topological polar surface area (TPSA) is 26.3 Å². The highest BCUT2D eigenvalue weighted by Crippen LogP contribution is 2.46. The third-order valence-corrected chi connectivity index (χ3v) is 12.4. The summed E-state index contributed by atoms with van der Waals surface area (Å²) in [5.41, 5.74) is 10.9. The quantitative estimate of drug-likeness (QED) is 0.169. The van der Waals surface area contributed by atoms with Crippen LogP contribution >= 0.6 is 0 Å². The van der Waals surface area contributed by atoms with Crippen LogP contribution in [0, 0.1) is 0 Å². The summed E-state index contributed by atoms with van der Waals surface area (Å²) in [4.78, 5) is 0. The molecule has 0 bridgehead atoms. The SMILES string of the molecule is c1ccc2c(-c3c4ccccc4c(-c4ccc5cc(-c6ccc7cc8c(cc7c6)oc6c8ccc7oc8ccccc8c76)ccc5c4)c4ccccc34)cccc2c1. The summed E-state index contributed by atoms with van der Waals surface area (Å²) in [6.45, 7) is 0. The molecule has 2 nitrogen and oxygen atoms in total. The largest absolute Gasteiger partial charge is 0.456 e. The van der Waals surface area contributed by atoms with Crippen LogP contribution in [-0.2, 0) is 0 Å². The number of benzene rings is 11. The van der Waals surface area contributed by atoms with Gasteiger partial charge in [-0.25, -0.2) is 0 Å². The molecule has 0 saturated heterocycles. The van der Waals surface area contributed by atoms with E-state index in [1.54, 1.807) is 0 Å². The first-order valence-electron chi connectivity index (χ1n) is 19.9. The van der Waals surface area contributed by atoms with E-state index in [4.69, 9.17) is 8.83 Å². The van der Waals surface area contributed by atoms with Crippen LogP contribution in [0.2, 0.25) is 0 Å². The van der Waals surface area contributed by atoms with Crippen LogP contribution in [0.1, 0.15) is 0 Å². The Labute approximate surface area is 332 Å². The molecule has 268 valence electrons. The Balaban J connectivity index is 0.927. The van der Waals surface area contributed by atoms with E-state index in [1.165, 1.54) is 81.9 Å². The highest BCUT2D eigenvalue weighted by molar-refractivity contribution is 6.25. The van der Waals surface area contributed by atoms with Gasteiger partial charge in [-0.3, -0.25) is 0 Å². The van der Waals surface area contributed by atoms with Crippen molar-refractivity contribution in [2.75, 3.05) is 0 Å². The summed E-state index contributed by atoms with van der Waals surface area (Å²) in [5, 5.41) is 16.7. The Morgan fingerprint density at radius 2 is 0.828 bits per heavy atom. The fourth-order valence-corrected chi connectivity index (χ4v) is 9.72. The Bertz CT molecular complexity index is 3800. The summed E-state index contributed by atoms with van der Waals surface area (Å²) in [5.74, 6) is 0. The fourth-order valence-electron chi connectivity index (χ4n) is 9.72. The second kappa shape index (κ2) is 11.9. The standard InChI is InChI=1S/C56H32O2/c1-2-12-41-33(10-1)11-9-18-42(41)54-45-15-5-3-13-43(45)53(44-14-4-6-16-46(44)54)39-25-24-35-28-34(20-21-36(35)29-39)37-22-23-38-31-49-47-26-27-51-55(48-17-7-8-19-50(48)57-51)56(47)58-52(49)32-40(38)30-37/h1-32H. The van der Waals surface area contributed by atoms with E-state index >= 15 is 0 Å². The zero-order valence-corrected chi connectivity index (χ0v) is 31.3. The van der Waals surface area contributed by atoms with Crippen LogP contribution in [0.4, 0.5) is 0 Å². The molecule has 0 atom stereocenters. The molecule has 0 aliphatic rings. The average molecular weight is 737 g/mol. The number of hydrogen-bond donors (Lipinski definition) is 0. The molecule has 0 amide bonds. The zero-order valence-electron chi connectivity index (χ0n) is 31.3. The van der Waals surface area contributed by atoms with Gasteiger partial charge in [-0.05, 0) is 136 Å². The lowest BCUT2D eigenvalue weighted by Gasteiger charge is -2.19. The first-order valence-corrected chi connectivity index (χ1v) is 19.9. The first kappa shape index (κ1) is 31.5. The molecule has 2 heterocycles. The molecule has 58 heavy (non-hydrogen) atoms. The van der Waals surface area contributed by atoms with Gasteiger partial charge in [0, 0.05) is 16.2 Å². The molecule has 0 aliphatic carbocycles. The highest BCUT2D eigenvalue weighted by Gasteiger charge is 2.19. The maximum atomic E-state index is 6.63. The maximum absolute atomic E-state index is 6.63. The Morgan fingerprint density at radius 3 is 1.57 bits per heavy atom. The number of hydrogen-bond acceptors (Lipinski definition) is 2. The predicted molar refractivity (Wildman–Crippen MR) is 245 cm³/mol. The van der Waals surface area contributed by atoms with E-state index in [-0.39, 0.29) is 0 Å². The van der Waals surface area contributed by atoms with Crippen LogP contribution in [0.15, 0.2) is 203 Å². The summed E-state index contributed by atoms with van der Waals surface area (Å²) in [6.07, 6.45) is 0. The molecule has 0 saturated carbocycles. The van der Waals surface area contributed by atoms with Crippen molar-refractivity contribution in [2.24, 2.45) is 0 Å². The number of fused-ring (bicyclic) bond motifs is 12. The number of furan rings is 2. The summed E-state index contributed by atoms with van der Waals surface area (Å²) in [7, 11) is 0. The minimum Gasteiger partial charge on any atom is -0.456 e. The first-order chi connectivity index (χ1) is 28.7. The number of para-hydroxylation sites is 1. The molecule has 13 aromatic rings. The van der Waals surface area contributed by atoms with Crippen molar-refractivity contribution in [1.29, 1.82) is 0 Å². The fraction of sp³-hybridized carbons (Fsp3) is 0. The molecule has 0 unspecified atom stereocenters. The summed E-state index contributed by atoms with van der Waals surface area (Å²) in [6, 6.07) is 70.6. The smallest absolute Gasteiger partial charge is 0.147 e. The predicted octanol–water partition coefficient (Wildman–Crippen LogP) is 16.3. The van der Waals surface area contributed by atoms with Crippen molar-refractivity contribution in [3.05, 3.63) is 194 Å². The molecule has 0 aliphatic heterocycles. The van der Waals surface area contributed by atoms with Crippen molar-refractivity contribution < 1.29 is 8.83 Å². The molecule has 0 N–H and O–H groups in total. The molecule has 2 aromatic heterocycles. The van der Waals surface area contributed by atoms with Gasteiger partial charge in [0.15, 0.2) is 0 Å². The zero-order chi connectivity index (χ0) is 37.9. The van der Waals surface area contributed by atoms with E-state index < -0.39 is 0 Å². The Kier molecular flexibility index (Phi) is 6.47. The molecule has 0 spiro atoms. The van der Waals surface area contributed by atoms with E-state index in [9.17, 15) is 0 Å². The molecular formula is C56H32O2. The second-order valence-corrected chi connectivity index (χ2v) is 15.6. The average Bonchev–Trinajstić information content (AvgIpc) is 3.84. The van der Waals surface area contributed by atoms with Gasteiger partial charge in [-0.15, -0.1) is 0 Å². The molecule has 2 heteroatoms. The molecular weight excluding hydrogens is 705 g/mol. The van der Waals surface area contributed by atoms with Gasteiger partial charge in [-0.2, -0.15) is 0 Å². The van der Waals surface area contributed by atoms with Gasteiger partial charge in [0.25, 0.3) is 0 Å². The molecule has 0 fully saturated rings. The van der Waals surface area contributed by atoms with Crippen molar-refractivity contribution in [2.45, 2.75) is 0 Å². The van der Waals surface area contributed by atoms with Gasteiger partial charge in [0.1, 0.15) is 22.3 Å². The van der Waals surface area contributed by atoms with Gasteiger partial charge >= 0.3 is 0 Å². The third-order valence-electron chi connectivity index (χ3n) is 12.4. The monoisotopic (exact) mass is 736 g/mol.